The maximum Gasteiger partial charge on any atom is 0.0579 e. The van der Waals surface area contributed by atoms with Crippen molar-refractivity contribution in [2.45, 2.75) is 41.0 Å². The highest BCUT2D eigenvalue weighted by Gasteiger charge is 2.13. The molecule has 0 aromatic heterocycles. The van der Waals surface area contributed by atoms with E-state index in [4.69, 9.17) is 0 Å². The molecule has 25 heavy (non-hydrogen) atoms. The monoisotopic (exact) mass is 338 g/mol. The van der Waals surface area contributed by atoms with E-state index in [0.29, 0.717) is 0 Å². The predicted octanol–water partition coefficient (Wildman–Crippen LogP) is 6.61. The second-order valence-electron chi connectivity index (χ2n) is 6.29. The lowest BCUT2D eigenvalue weighted by Gasteiger charge is -2.25. The molecule has 0 N–H and O–H groups in total. The molecule has 0 spiro atoms. The van der Waals surface area contributed by atoms with Crippen LogP contribution in [0.25, 0.3) is 11.1 Å². The van der Waals surface area contributed by atoms with Crippen molar-refractivity contribution in [3.8, 4) is 11.1 Å². The molecule has 0 fully saturated rings. The smallest absolute Gasteiger partial charge is 0.0579 e. The van der Waals surface area contributed by atoms with Crippen LogP contribution in [0.15, 0.2) is 66.9 Å². The second kappa shape index (κ2) is 11.5. The Bertz CT molecular complexity index is 617. The summed E-state index contributed by atoms with van der Waals surface area (Å²) in [5.74, 6) is 0.884. The second-order valence-corrected chi connectivity index (χ2v) is 6.29. The summed E-state index contributed by atoms with van der Waals surface area (Å²) in [6.45, 7) is 11.6. The van der Waals surface area contributed by atoms with Gasteiger partial charge in [0, 0.05) is 19.8 Å². The van der Waals surface area contributed by atoms with E-state index in [1.165, 1.54) is 23.2 Å². The third-order valence-electron chi connectivity index (χ3n) is 4.02. The van der Waals surface area contributed by atoms with Gasteiger partial charge in [0.25, 0.3) is 0 Å². The minimum absolute atomic E-state index is 0.884. The minimum atomic E-state index is 0.884. The van der Waals surface area contributed by atoms with Crippen LogP contribution in [-0.2, 0) is 0 Å². The molecule has 0 unspecified atom stereocenters. The van der Waals surface area contributed by atoms with Gasteiger partial charge in [0.2, 0.25) is 0 Å². The van der Waals surface area contributed by atoms with Gasteiger partial charge < -0.3 is 0 Å². The number of rotatable bonds is 3. The number of anilines is 1. The molecule has 2 nitrogen and oxygen atoms in total. The molecule has 0 bridgehead atoms. The molecule has 136 valence electrons. The van der Waals surface area contributed by atoms with Crippen LogP contribution in [0.3, 0.4) is 0 Å². The van der Waals surface area contributed by atoms with Crippen LogP contribution in [0, 0.1) is 5.92 Å². The Morgan fingerprint density at radius 1 is 0.920 bits per heavy atom. The maximum atomic E-state index is 2.22. The summed E-state index contributed by atoms with van der Waals surface area (Å²) in [7, 11) is 2.09. The van der Waals surface area contributed by atoms with Crippen LogP contribution in [-0.4, -0.2) is 18.6 Å². The number of hydrogen-bond donors (Lipinski definition) is 0. The Morgan fingerprint density at radius 3 is 2.04 bits per heavy atom. The average molecular weight is 339 g/mol. The third-order valence-corrected chi connectivity index (χ3v) is 4.02. The van der Waals surface area contributed by atoms with Crippen molar-refractivity contribution in [3.63, 3.8) is 0 Å². The van der Waals surface area contributed by atoms with E-state index in [1.807, 2.05) is 19.9 Å². The molecule has 1 aliphatic heterocycles. The minimum Gasteiger partial charge on any atom is -0.282 e. The molecule has 0 saturated heterocycles. The zero-order valence-corrected chi connectivity index (χ0v) is 16.7. The van der Waals surface area contributed by atoms with Crippen LogP contribution < -0.4 is 5.01 Å². The number of hydrazine groups is 1. The van der Waals surface area contributed by atoms with Crippen LogP contribution in [0.2, 0.25) is 0 Å². The first-order chi connectivity index (χ1) is 12.1. The van der Waals surface area contributed by atoms with Gasteiger partial charge in [0.1, 0.15) is 0 Å². The third kappa shape index (κ3) is 6.75. The van der Waals surface area contributed by atoms with E-state index in [-0.39, 0.29) is 0 Å². The van der Waals surface area contributed by atoms with Gasteiger partial charge in [-0.1, -0.05) is 89.6 Å². The fourth-order valence-corrected chi connectivity index (χ4v) is 2.24. The molecule has 1 heterocycles. The summed E-state index contributed by atoms with van der Waals surface area (Å²) >= 11 is 0. The first-order valence-electron chi connectivity index (χ1n) is 9.44. The SMILES string of the molecule is CC.CCC(C)C.CN1CC=CN1c1cccc(-c2ccccc2)c1. The fraction of sp³-hybridized carbons (Fsp3) is 0.391. The topological polar surface area (TPSA) is 6.48 Å². The van der Waals surface area contributed by atoms with Gasteiger partial charge in [-0.3, -0.25) is 5.01 Å². The molecule has 0 amide bonds. The van der Waals surface area contributed by atoms with Gasteiger partial charge in [-0.05, 0) is 29.2 Å². The summed E-state index contributed by atoms with van der Waals surface area (Å²) in [6.07, 6.45) is 5.58. The Balaban J connectivity index is 0.000000388. The van der Waals surface area contributed by atoms with E-state index >= 15 is 0 Å². The first kappa shape index (κ1) is 21.0. The Morgan fingerprint density at radius 2 is 1.52 bits per heavy atom. The molecule has 0 saturated carbocycles. The quantitative estimate of drug-likeness (QED) is 0.621. The molecular weight excluding hydrogens is 304 g/mol. The number of hydrogen-bond acceptors (Lipinski definition) is 2. The molecular formula is C23H34N2. The van der Waals surface area contributed by atoms with Crippen LogP contribution in [0.1, 0.15) is 41.0 Å². The standard InChI is InChI=1S/C16H16N2.C5H12.C2H6/c1-17-11-6-12-18(17)16-10-5-9-15(13-16)14-7-3-2-4-8-14;1-4-5(2)3;1-2/h2-10,12-13H,11H2,1H3;5H,4H2,1-3H3;1-2H3. The largest absolute Gasteiger partial charge is 0.282 e. The molecule has 0 aliphatic carbocycles. The van der Waals surface area contributed by atoms with E-state index in [1.54, 1.807) is 0 Å². The molecule has 2 aromatic carbocycles. The van der Waals surface area contributed by atoms with Gasteiger partial charge in [-0.15, -0.1) is 0 Å². The van der Waals surface area contributed by atoms with Crippen LogP contribution in [0.5, 0.6) is 0 Å². The van der Waals surface area contributed by atoms with Crippen molar-refractivity contribution in [1.29, 1.82) is 0 Å². The van der Waals surface area contributed by atoms with E-state index in [0.717, 1.165) is 12.5 Å². The Labute approximate surface area is 154 Å². The zero-order valence-electron chi connectivity index (χ0n) is 16.7. The molecule has 2 heteroatoms. The van der Waals surface area contributed by atoms with Crippen molar-refractivity contribution < 1.29 is 0 Å². The molecule has 1 aliphatic rings. The number of nitrogens with zero attached hydrogens (tertiary/aromatic N) is 2. The van der Waals surface area contributed by atoms with Crippen molar-refractivity contribution in [2.75, 3.05) is 18.6 Å². The lowest BCUT2D eigenvalue weighted by molar-refractivity contribution is 0.397. The summed E-state index contributed by atoms with van der Waals surface area (Å²) in [5, 5.41) is 4.36. The van der Waals surface area contributed by atoms with Gasteiger partial charge in [-0.2, -0.15) is 0 Å². The average Bonchev–Trinajstić information content (AvgIpc) is 3.10. The normalized spacial score (nSPS) is 13.2. The Kier molecular flexibility index (Phi) is 9.64. The number of likely N-dealkylation sites (N-methyl/N-ethyl adjacent to an activating group) is 1. The van der Waals surface area contributed by atoms with Crippen molar-refractivity contribution in [3.05, 3.63) is 66.9 Å². The van der Waals surface area contributed by atoms with Gasteiger partial charge in [-0.25, -0.2) is 5.01 Å². The van der Waals surface area contributed by atoms with Gasteiger partial charge >= 0.3 is 0 Å². The van der Waals surface area contributed by atoms with Crippen LogP contribution in [0.4, 0.5) is 5.69 Å². The molecule has 0 atom stereocenters. The lowest BCUT2D eigenvalue weighted by Crippen LogP contribution is -2.31. The zero-order chi connectivity index (χ0) is 18.7. The van der Waals surface area contributed by atoms with E-state index in [9.17, 15) is 0 Å². The van der Waals surface area contributed by atoms with Crippen molar-refractivity contribution in [2.24, 2.45) is 5.92 Å². The predicted molar refractivity (Wildman–Crippen MR) is 113 cm³/mol. The highest BCUT2D eigenvalue weighted by atomic mass is 15.6. The van der Waals surface area contributed by atoms with Gasteiger partial charge in [0.05, 0.1) is 5.69 Å². The summed E-state index contributed by atoms with van der Waals surface area (Å²) in [6, 6.07) is 19.1. The lowest BCUT2D eigenvalue weighted by atomic mass is 10.1. The van der Waals surface area contributed by atoms with Crippen molar-refractivity contribution >= 4 is 5.69 Å². The summed E-state index contributed by atoms with van der Waals surface area (Å²) in [4.78, 5) is 0. The first-order valence-corrected chi connectivity index (χ1v) is 9.44. The molecule has 2 aromatic rings. The van der Waals surface area contributed by atoms with E-state index < -0.39 is 0 Å². The highest BCUT2D eigenvalue weighted by Crippen LogP contribution is 2.26. The van der Waals surface area contributed by atoms with Crippen molar-refractivity contribution in [1.82, 2.24) is 5.01 Å². The van der Waals surface area contributed by atoms with E-state index in [2.05, 4.69) is 98.6 Å². The highest BCUT2D eigenvalue weighted by molar-refractivity contribution is 5.68. The fourth-order valence-electron chi connectivity index (χ4n) is 2.24. The van der Waals surface area contributed by atoms with Crippen LogP contribution >= 0.6 is 0 Å². The Hall–Kier alpha value is -2.06. The maximum absolute atomic E-state index is 2.22. The summed E-state index contributed by atoms with van der Waals surface area (Å²) in [5.41, 5.74) is 3.71. The summed E-state index contributed by atoms with van der Waals surface area (Å²) < 4.78 is 0. The van der Waals surface area contributed by atoms with Gasteiger partial charge in [0.15, 0.2) is 0 Å². The molecule has 0 radical (unpaired) electrons. The number of benzene rings is 2. The molecule has 3 rings (SSSR count).